The maximum atomic E-state index is 12.4. The third-order valence-electron chi connectivity index (χ3n) is 4.22. The van der Waals surface area contributed by atoms with Crippen LogP contribution in [0.4, 0.5) is 5.82 Å². The van der Waals surface area contributed by atoms with E-state index in [1.807, 2.05) is 6.07 Å². The van der Waals surface area contributed by atoms with Gasteiger partial charge in [-0.3, -0.25) is 9.59 Å². The summed E-state index contributed by atoms with van der Waals surface area (Å²) in [5.41, 5.74) is 0.810. The monoisotopic (exact) mass is 482 g/mol. The number of benzene rings is 1. The number of sulfone groups is 1. The first-order valence-electron chi connectivity index (χ1n) is 9.38. The summed E-state index contributed by atoms with van der Waals surface area (Å²) < 4.78 is 42.4. The fraction of sp³-hybridized carbons (Fsp3) is 0.368. The summed E-state index contributed by atoms with van der Waals surface area (Å²) in [6.45, 7) is 2.42. The van der Waals surface area contributed by atoms with Crippen molar-refractivity contribution >= 4 is 49.0 Å². The minimum Gasteiger partial charge on any atom is -0.497 e. The van der Waals surface area contributed by atoms with Crippen LogP contribution in [0.1, 0.15) is 5.76 Å². The van der Waals surface area contributed by atoms with Crippen molar-refractivity contribution in [3.05, 3.63) is 34.8 Å². The average molecular weight is 483 g/mol. The Balaban J connectivity index is 1.79. The SMILES string of the molecule is COCCn1c(=NC(=O)CS(=O)(=O)CC(=O)Nc2cc(C)on2)sc2cc(OC)ccc21. The molecule has 3 rings (SSSR count). The van der Waals surface area contributed by atoms with Crippen molar-refractivity contribution in [3.63, 3.8) is 0 Å². The molecule has 1 N–H and O–H groups in total. The van der Waals surface area contributed by atoms with Gasteiger partial charge in [-0.15, -0.1) is 0 Å². The van der Waals surface area contributed by atoms with Gasteiger partial charge in [0.1, 0.15) is 23.0 Å². The third-order valence-corrected chi connectivity index (χ3v) is 6.65. The molecule has 2 aromatic heterocycles. The number of fused-ring (bicyclic) bond motifs is 1. The summed E-state index contributed by atoms with van der Waals surface area (Å²) in [6, 6.07) is 6.86. The largest absolute Gasteiger partial charge is 0.497 e. The maximum absolute atomic E-state index is 12.4. The van der Waals surface area contributed by atoms with Crippen molar-refractivity contribution in [3.8, 4) is 5.75 Å². The van der Waals surface area contributed by atoms with Gasteiger partial charge in [-0.2, -0.15) is 4.99 Å². The minimum atomic E-state index is -4.05. The summed E-state index contributed by atoms with van der Waals surface area (Å²) in [6.07, 6.45) is 0. The highest BCUT2D eigenvalue weighted by Gasteiger charge is 2.22. The number of ether oxygens (including phenoxy) is 2. The minimum absolute atomic E-state index is 0.0959. The van der Waals surface area contributed by atoms with E-state index in [-0.39, 0.29) is 5.82 Å². The van der Waals surface area contributed by atoms with Gasteiger partial charge in [0.05, 0.1) is 23.9 Å². The predicted molar refractivity (Wildman–Crippen MR) is 117 cm³/mol. The van der Waals surface area contributed by atoms with E-state index in [9.17, 15) is 18.0 Å². The van der Waals surface area contributed by atoms with Crippen molar-refractivity contribution in [1.82, 2.24) is 9.72 Å². The number of aryl methyl sites for hydroxylation is 1. The Hall–Kier alpha value is -3.03. The molecular weight excluding hydrogens is 460 g/mol. The number of hydrogen-bond acceptors (Lipinski definition) is 9. The lowest BCUT2D eigenvalue weighted by atomic mass is 10.3. The Morgan fingerprint density at radius 2 is 2.03 bits per heavy atom. The normalized spacial score (nSPS) is 12.3. The zero-order valence-electron chi connectivity index (χ0n) is 17.7. The van der Waals surface area contributed by atoms with Crippen molar-refractivity contribution < 1.29 is 32.0 Å². The topological polar surface area (TPSA) is 142 Å². The molecule has 2 amide bonds. The average Bonchev–Trinajstić information content (AvgIpc) is 3.26. The molecule has 13 heteroatoms. The summed E-state index contributed by atoms with van der Waals surface area (Å²) in [4.78, 5) is 28.7. The molecule has 0 aliphatic carbocycles. The van der Waals surface area contributed by atoms with Crippen LogP contribution < -0.4 is 14.9 Å². The predicted octanol–water partition coefficient (Wildman–Crippen LogP) is 1.14. The molecule has 0 fully saturated rings. The van der Waals surface area contributed by atoms with E-state index in [1.165, 1.54) is 17.4 Å². The molecule has 0 aliphatic heterocycles. The van der Waals surface area contributed by atoms with Gasteiger partial charge in [-0.1, -0.05) is 16.5 Å². The molecule has 3 aromatic rings. The molecule has 0 spiro atoms. The van der Waals surface area contributed by atoms with Crippen LogP contribution in [0.5, 0.6) is 5.75 Å². The molecule has 0 atom stereocenters. The van der Waals surface area contributed by atoms with E-state index in [1.54, 1.807) is 37.8 Å². The summed E-state index contributed by atoms with van der Waals surface area (Å²) in [5, 5.41) is 5.87. The zero-order valence-corrected chi connectivity index (χ0v) is 19.3. The van der Waals surface area contributed by atoms with E-state index >= 15 is 0 Å². The van der Waals surface area contributed by atoms with Gasteiger partial charge in [-0.25, -0.2) is 8.42 Å². The second-order valence-electron chi connectivity index (χ2n) is 6.77. The Morgan fingerprint density at radius 1 is 1.25 bits per heavy atom. The van der Waals surface area contributed by atoms with Crippen LogP contribution in [0.2, 0.25) is 0 Å². The van der Waals surface area contributed by atoms with Crippen molar-refractivity contribution in [2.24, 2.45) is 4.99 Å². The molecule has 11 nitrogen and oxygen atoms in total. The number of nitrogens with zero attached hydrogens (tertiary/aromatic N) is 3. The smallest absolute Gasteiger partial charge is 0.263 e. The summed E-state index contributed by atoms with van der Waals surface area (Å²) in [5.74, 6) is -2.28. The highest BCUT2D eigenvalue weighted by Crippen LogP contribution is 2.23. The molecule has 2 heterocycles. The number of carbonyl (C=O) groups is 2. The van der Waals surface area contributed by atoms with Gasteiger partial charge in [-0.05, 0) is 25.1 Å². The maximum Gasteiger partial charge on any atom is 0.263 e. The number of methoxy groups -OCH3 is 2. The van der Waals surface area contributed by atoms with Crippen LogP contribution in [0.3, 0.4) is 0 Å². The van der Waals surface area contributed by atoms with E-state index < -0.39 is 33.2 Å². The van der Waals surface area contributed by atoms with Crippen LogP contribution in [0.25, 0.3) is 10.2 Å². The summed E-state index contributed by atoms with van der Waals surface area (Å²) in [7, 11) is -0.944. The summed E-state index contributed by atoms with van der Waals surface area (Å²) >= 11 is 1.22. The second-order valence-corrected chi connectivity index (χ2v) is 9.85. The van der Waals surface area contributed by atoms with Crippen molar-refractivity contribution in [1.29, 1.82) is 0 Å². The number of amides is 2. The van der Waals surface area contributed by atoms with Gasteiger partial charge in [0.15, 0.2) is 20.5 Å². The molecule has 0 saturated heterocycles. The van der Waals surface area contributed by atoms with Crippen molar-refractivity contribution in [2.75, 3.05) is 37.6 Å². The molecular formula is C19H22N4O7S2. The van der Waals surface area contributed by atoms with Gasteiger partial charge in [0.2, 0.25) is 5.91 Å². The molecule has 0 radical (unpaired) electrons. The Labute approximate surface area is 187 Å². The fourth-order valence-corrected chi connectivity index (χ4v) is 4.96. The molecule has 0 unspecified atom stereocenters. The van der Waals surface area contributed by atoms with Crippen molar-refractivity contribution in [2.45, 2.75) is 13.5 Å². The Kier molecular flexibility index (Phi) is 7.43. The fourth-order valence-electron chi connectivity index (χ4n) is 2.85. The first-order chi connectivity index (χ1) is 15.2. The molecule has 0 aliphatic rings. The van der Waals surface area contributed by atoms with Crippen LogP contribution in [-0.4, -0.2) is 62.3 Å². The third kappa shape index (κ3) is 6.02. The number of aromatic nitrogens is 2. The van der Waals surface area contributed by atoms with E-state index in [2.05, 4.69) is 15.5 Å². The lowest BCUT2D eigenvalue weighted by Gasteiger charge is -2.05. The number of nitrogens with one attached hydrogen (secondary N) is 1. The molecule has 1 aromatic carbocycles. The van der Waals surface area contributed by atoms with E-state index in [0.717, 1.165) is 10.2 Å². The van der Waals surface area contributed by atoms with E-state index in [0.29, 0.717) is 29.5 Å². The van der Waals surface area contributed by atoms with Crippen LogP contribution in [0, 0.1) is 6.92 Å². The quantitative estimate of drug-likeness (QED) is 0.478. The number of carbonyl (C=O) groups excluding carboxylic acids is 2. The molecule has 172 valence electrons. The van der Waals surface area contributed by atoms with Gasteiger partial charge >= 0.3 is 0 Å². The zero-order chi connectivity index (χ0) is 23.3. The van der Waals surface area contributed by atoms with E-state index in [4.69, 9.17) is 14.0 Å². The van der Waals surface area contributed by atoms with Gasteiger partial charge in [0, 0.05) is 19.7 Å². The number of rotatable bonds is 9. The first kappa shape index (κ1) is 23.6. The first-order valence-corrected chi connectivity index (χ1v) is 12.0. The number of thiazole rings is 1. The van der Waals surface area contributed by atoms with Crippen LogP contribution in [0.15, 0.2) is 33.8 Å². The van der Waals surface area contributed by atoms with Crippen LogP contribution >= 0.6 is 11.3 Å². The standard InChI is InChI=1S/C19H22N4O7S2/c1-12-8-16(22-30-12)20-17(24)10-32(26,27)11-18(25)21-19-23(6-7-28-2)14-5-4-13(29-3)9-15(14)31-19/h4-5,8-9H,6-7,10-11H2,1-3H3,(H,20,22,24). The second kappa shape index (κ2) is 10.1. The Bertz CT molecular complexity index is 1300. The van der Waals surface area contributed by atoms with Gasteiger partial charge < -0.3 is 23.9 Å². The Morgan fingerprint density at radius 3 is 2.69 bits per heavy atom. The lowest BCUT2D eigenvalue weighted by Crippen LogP contribution is -2.28. The van der Waals surface area contributed by atoms with Crippen LogP contribution in [-0.2, 0) is 30.7 Å². The number of hydrogen-bond donors (Lipinski definition) is 1. The van der Waals surface area contributed by atoms with Gasteiger partial charge in [0.25, 0.3) is 5.91 Å². The molecule has 0 saturated carbocycles. The molecule has 0 bridgehead atoms. The lowest BCUT2D eigenvalue weighted by molar-refractivity contribution is -0.115. The molecule has 32 heavy (non-hydrogen) atoms. The highest BCUT2D eigenvalue weighted by atomic mass is 32.2. The number of anilines is 1. The highest BCUT2D eigenvalue weighted by molar-refractivity contribution is 7.92.